The average molecular weight is 416 g/mol. The fourth-order valence-corrected chi connectivity index (χ4v) is 3.28. The Balaban J connectivity index is 1.59. The van der Waals surface area contributed by atoms with Crippen LogP contribution in [0.5, 0.6) is 5.75 Å². The van der Waals surface area contributed by atoms with Crippen molar-refractivity contribution in [2.24, 2.45) is 5.10 Å². The summed E-state index contributed by atoms with van der Waals surface area (Å²) >= 11 is 7.08. The zero-order chi connectivity index (χ0) is 19.9. The van der Waals surface area contributed by atoms with E-state index in [0.29, 0.717) is 27.3 Å². The largest absolute Gasteiger partial charge is 0.489 e. The minimum Gasteiger partial charge on any atom is -0.489 e. The van der Waals surface area contributed by atoms with E-state index in [-0.39, 0.29) is 0 Å². The van der Waals surface area contributed by atoms with Crippen LogP contribution in [0.4, 0.5) is 5.13 Å². The topological polar surface area (TPSA) is 72.8 Å². The van der Waals surface area contributed by atoms with Crippen LogP contribution in [0.15, 0.2) is 53.6 Å². The lowest BCUT2D eigenvalue weighted by molar-refractivity contribution is 0.0605. The first-order chi connectivity index (χ1) is 13.5. The van der Waals surface area contributed by atoms with Crippen LogP contribution in [0, 0.1) is 6.92 Å². The molecule has 1 N–H and O–H groups in total. The molecule has 1 heterocycles. The summed E-state index contributed by atoms with van der Waals surface area (Å²) in [7, 11) is 1.34. The van der Waals surface area contributed by atoms with Crippen LogP contribution >= 0.6 is 22.9 Å². The second kappa shape index (κ2) is 9.34. The Morgan fingerprint density at radius 2 is 2.07 bits per heavy atom. The second-order valence-corrected chi connectivity index (χ2v) is 7.22. The number of carbonyl (C=O) groups is 1. The van der Waals surface area contributed by atoms with Gasteiger partial charge in [0.1, 0.15) is 17.2 Å². The zero-order valence-electron chi connectivity index (χ0n) is 15.3. The van der Waals surface area contributed by atoms with Gasteiger partial charge in [0, 0.05) is 5.02 Å². The van der Waals surface area contributed by atoms with Crippen molar-refractivity contribution >= 4 is 40.3 Å². The molecule has 8 heteroatoms. The van der Waals surface area contributed by atoms with Crippen LogP contribution in [0.1, 0.15) is 26.5 Å². The molecule has 3 aromatic rings. The predicted molar refractivity (Wildman–Crippen MR) is 112 cm³/mol. The Hall–Kier alpha value is -2.90. The Morgan fingerprint density at radius 1 is 1.29 bits per heavy atom. The van der Waals surface area contributed by atoms with Crippen molar-refractivity contribution in [2.45, 2.75) is 13.5 Å². The van der Waals surface area contributed by atoms with E-state index in [1.54, 1.807) is 13.1 Å². The molecule has 0 saturated heterocycles. The first kappa shape index (κ1) is 19.9. The fraction of sp³-hybridized carbons (Fsp3) is 0.150. The Labute approximate surface area is 171 Å². The maximum Gasteiger partial charge on any atom is 0.350 e. The Kier molecular flexibility index (Phi) is 6.62. The number of hydrogen-bond donors (Lipinski definition) is 1. The van der Waals surface area contributed by atoms with Crippen LogP contribution < -0.4 is 10.2 Å². The number of anilines is 1. The lowest BCUT2D eigenvalue weighted by Gasteiger charge is -2.07. The van der Waals surface area contributed by atoms with Gasteiger partial charge in [0.2, 0.25) is 5.13 Å². The SMILES string of the molecule is COC(=O)c1sc(N/N=C\c2cccc(OCc3ccc(Cl)cc3)c2)nc1C. The number of hydrazone groups is 1. The van der Waals surface area contributed by atoms with Gasteiger partial charge in [-0.05, 0) is 42.3 Å². The summed E-state index contributed by atoms with van der Waals surface area (Å²) in [5, 5.41) is 5.39. The fourth-order valence-electron chi connectivity index (χ4n) is 2.32. The summed E-state index contributed by atoms with van der Waals surface area (Å²) in [6, 6.07) is 15.1. The molecule has 0 aliphatic rings. The van der Waals surface area contributed by atoms with Gasteiger partial charge >= 0.3 is 5.97 Å². The minimum absolute atomic E-state index is 0.405. The van der Waals surface area contributed by atoms with Crippen LogP contribution in [0.3, 0.4) is 0 Å². The van der Waals surface area contributed by atoms with E-state index in [0.717, 1.165) is 16.9 Å². The number of hydrogen-bond acceptors (Lipinski definition) is 7. The first-order valence-corrected chi connectivity index (χ1v) is 9.56. The van der Waals surface area contributed by atoms with Gasteiger partial charge in [0.05, 0.1) is 19.0 Å². The number of rotatable bonds is 7. The van der Waals surface area contributed by atoms with Crippen LogP contribution in [-0.4, -0.2) is 24.3 Å². The molecule has 0 saturated carbocycles. The number of ether oxygens (including phenoxy) is 2. The summed E-state index contributed by atoms with van der Waals surface area (Å²) in [4.78, 5) is 16.3. The molecular formula is C20H18ClN3O3S. The summed E-state index contributed by atoms with van der Waals surface area (Å²) in [6.45, 7) is 2.20. The minimum atomic E-state index is -0.405. The molecular weight excluding hydrogens is 398 g/mol. The summed E-state index contributed by atoms with van der Waals surface area (Å²) < 4.78 is 10.5. The van der Waals surface area contributed by atoms with Crippen LogP contribution in [-0.2, 0) is 11.3 Å². The monoisotopic (exact) mass is 415 g/mol. The highest BCUT2D eigenvalue weighted by Gasteiger charge is 2.15. The van der Waals surface area contributed by atoms with Gasteiger partial charge in [-0.3, -0.25) is 5.43 Å². The van der Waals surface area contributed by atoms with Gasteiger partial charge in [-0.25, -0.2) is 9.78 Å². The van der Waals surface area contributed by atoms with E-state index in [9.17, 15) is 4.79 Å². The average Bonchev–Trinajstić information content (AvgIpc) is 3.08. The lowest BCUT2D eigenvalue weighted by atomic mass is 10.2. The number of halogens is 1. The van der Waals surface area contributed by atoms with Crippen molar-refractivity contribution in [1.29, 1.82) is 0 Å². The zero-order valence-corrected chi connectivity index (χ0v) is 16.9. The van der Waals surface area contributed by atoms with Crippen molar-refractivity contribution in [3.63, 3.8) is 0 Å². The molecule has 3 rings (SSSR count). The van der Waals surface area contributed by atoms with Gasteiger partial charge in [-0.15, -0.1) is 0 Å². The Bertz CT molecular complexity index is 987. The van der Waals surface area contributed by atoms with E-state index < -0.39 is 5.97 Å². The highest BCUT2D eigenvalue weighted by atomic mass is 35.5. The molecule has 144 valence electrons. The van der Waals surface area contributed by atoms with Gasteiger partial charge in [-0.2, -0.15) is 5.10 Å². The molecule has 0 amide bonds. The molecule has 1 aromatic heterocycles. The highest BCUT2D eigenvalue weighted by molar-refractivity contribution is 7.17. The Morgan fingerprint density at radius 3 is 2.82 bits per heavy atom. The number of carbonyl (C=O) groups excluding carboxylic acids is 1. The number of nitrogens with one attached hydrogen (secondary N) is 1. The molecule has 0 aliphatic heterocycles. The van der Waals surface area contributed by atoms with Crippen molar-refractivity contribution < 1.29 is 14.3 Å². The summed E-state index contributed by atoms with van der Waals surface area (Å²) in [5.41, 5.74) is 5.33. The van der Waals surface area contributed by atoms with Crippen LogP contribution in [0.2, 0.25) is 5.02 Å². The molecule has 0 bridgehead atoms. The van der Waals surface area contributed by atoms with Crippen LogP contribution in [0.25, 0.3) is 0 Å². The number of thiazole rings is 1. The first-order valence-electron chi connectivity index (χ1n) is 8.37. The predicted octanol–water partition coefficient (Wildman–Crippen LogP) is 4.92. The molecule has 0 aliphatic carbocycles. The van der Waals surface area contributed by atoms with E-state index in [2.05, 4.69) is 15.5 Å². The second-order valence-electron chi connectivity index (χ2n) is 5.78. The number of esters is 1. The van der Waals surface area contributed by atoms with Crippen molar-refractivity contribution in [3.05, 3.63) is 75.3 Å². The van der Waals surface area contributed by atoms with Crippen molar-refractivity contribution in [3.8, 4) is 5.75 Å². The van der Waals surface area contributed by atoms with E-state index in [4.69, 9.17) is 21.1 Å². The number of methoxy groups -OCH3 is 1. The maximum atomic E-state index is 11.6. The third kappa shape index (κ3) is 5.31. The summed E-state index contributed by atoms with van der Waals surface area (Å²) in [6.07, 6.45) is 1.66. The molecule has 0 radical (unpaired) electrons. The van der Waals surface area contributed by atoms with Gasteiger partial charge < -0.3 is 9.47 Å². The highest BCUT2D eigenvalue weighted by Crippen LogP contribution is 2.23. The normalized spacial score (nSPS) is 10.8. The lowest BCUT2D eigenvalue weighted by Crippen LogP contribution is -1.99. The molecule has 0 atom stereocenters. The van der Waals surface area contributed by atoms with Gasteiger partial charge in [0.25, 0.3) is 0 Å². The van der Waals surface area contributed by atoms with Gasteiger partial charge in [-0.1, -0.05) is 47.2 Å². The molecule has 0 fully saturated rings. The standard InChI is InChI=1S/C20H18ClN3O3S/c1-13-18(19(25)26-2)28-20(23-13)24-22-11-15-4-3-5-17(10-15)27-12-14-6-8-16(21)9-7-14/h3-11H,12H2,1-2H3,(H,23,24)/b22-11-. The van der Waals surface area contributed by atoms with E-state index in [1.807, 2.05) is 48.5 Å². The van der Waals surface area contributed by atoms with Gasteiger partial charge in [0.15, 0.2) is 0 Å². The van der Waals surface area contributed by atoms with E-state index >= 15 is 0 Å². The summed E-state index contributed by atoms with van der Waals surface area (Å²) in [5.74, 6) is 0.328. The van der Waals surface area contributed by atoms with Crippen molar-refractivity contribution in [2.75, 3.05) is 12.5 Å². The maximum absolute atomic E-state index is 11.6. The third-order valence-electron chi connectivity index (χ3n) is 3.72. The molecule has 0 unspecified atom stereocenters. The molecule has 6 nitrogen and oxygen atoms in total. The number of aromatic nitrogens is 1. The number of nitrogens with zero attached hydrogens (tertiary/aromatic N) is 2. The smallest absolute Gasteiger partial charge is 0.350 e. The van der Waals surface area contributed by atoms with Crippen molar-refractivity contribution in [1.82, 2.24) is 4.98 Å². The van der Waals surface area contributed by atoms with E-state index in [1.165, 1.54) is 18.4 Å². The number of benzene rings is 2. The molecule has 28 heavy (non-hydrogen) atoms. The third-order valence-corrected chi connectivity index (χ3v) is 5.01. The number of aryl methyl sites for hydroxylation is 1. The molecule has 2 aromatic carbocycles. The molecule has 0 spiro atoms. The quantitative estimate of drug-likeness (QED) is 0.337.